The predicted molar refractivity (Wildman–Crippen MR) is 129 cm³/mol. The lowest BCUT2D eigenvalue weighted by molar-refractivity contribution is 0.0991. The van der Waals surface area contributed by atoms with Crippen molar-refractivity contribution in [1.82, 2.24) is 24.7 Å². The molecule has 0 bridgehead atoms. The lowest BCUT2D eigenvalue weighted by atomic mass is 10.0. The van der Waals surface area contributed by atoms with Gasteiger partial charge in [-0.3, -0.25) is 14.3 Å². The standard InChI is InChI=1S/C26H21N5OS/c32-23(21-16-28-22-11-5-4-10-20(21)22)24(17-7-2-1-3-8-17)33-26-30-29-25(31(26)19-12-13-19)18-9-6-14-27-15-18/h1-11,14-16,19,24,28H,12-13H2. The molecule has 2 aromatic carbocycles. The molecule has 0 saturated heterocycles. The molecule has 0 spiro atoms. The lowest BCUT2D eigenvalue weighted by Crippen LogP contribution is -2.11. The van der Waals surface area contributed by atoms with Crippen LogP contribution in [0.5, 0.6) is 0 Å². The summed E-state index contributed by atoms with van der Waals surface area (Å²) in [5.41, 5.74) is 3.53. The van der Waals surface area contributed by atoms with Crippen LogP contribution in [0.15, 0.2) is 90.5 Å². The number of carbonyl (C=O) groups is 1. The minimum absolute atomic E-state index is 0.0527. The van der Waals surface area contributed by atoms with E-state index in [2.05, 4.69) is 24.7 Å². The number of Topliss-reactive ketones (excluding diaryl/α,β-unsaturated/α-hetero) is 1. The van der Waals surface area contributed by atoms with Gasteiger partial charge in [0.2, 0.25) is 0 Å². The van der Waals surface area contributed by atoms with Crippen molar-refractivity contribution in [2.45, 2.75) is 29.3 Å². The zero-order valence-electron chi connectivity index (χ0n) is 17.8. The summed E-state index contributed by atoms with van der Waals surface area (Å²) in [6.45, 7) is 0. The summed E-state index contributed by atoms with van der Waals surface area (Å²) in [6.07, 6.45) is 7.55. The van der Waals surface area contributed by atoms with E-state index in [4.69, 9.17) is 0 Å². The molecule has 1 saturated carbocycles. The van der Waals surface area contributed by atoms with Crippen molar-refractivity contribution < 1.29 is 4.79 Å². The zero-order chi connectivity index (χ0) is 22.2. The monoisotopic (exact) mass is 451 g/mol. The minimum atomic E-state index is -0.436. The molecule has 162 valence electrons. The highest BCUT2D eigenvalue weighted by Gasteiger charge is 2.33. The van der Waals surface area contributed by atoms with Crippen molar-refractivity contribution in [1.29, 1.82) is 0 Å². The summed E-state index contributed by atoms with van der Waals surface area (Å²) < 4.78 is 2.18. The van der Waals surface area contributed by atoms with Gasteiger partial charge in [0, 0.05) is 46.7 Å². The molecule has 7 heteroatoms. The number of fused-ring (bicyclic) bond motifs is 1. The van der Waals surface area contributed by atoms with Gasteiger partial charge >= 0.3 is 0 Å². The van der Waals surface area contributed by atoms with Crippen LogP contribution >= 0.6 is 11.8 Å². The number of H-pyrrole nitrogens is 1. The normalized spacial score (nSPS) is 14.4. The van der Waals surface area contributed by atoms with Crippen LogP contribution in [-0.2, 0) is 0 Å². The zero-order valence-corrected chi connectivity index (χ0v) is 18.6. The molecule has 1 atom stereocenters. The van der Waals surface area contributed by atoms with E-state index in [0.29, 0.717) is 11.6 Å². The predicted octanol–water partition coefficient (Wildman–Crippen LogP) is 5.87. The molecule has 6 rings (SSSR count). The fourth-order valence-electron chi connectivity index (χ4n) is 4.13. The van der Waals surface area contributed by atoms with E-state index in [0.717, 1.165) is 45.9 Å². The van der Waals surface area contributed by atoms with Gasteiger partial charge in [-0.25, -0.2) is 0 Å². The van der Waals surface area contributed by atoms with E-state index in [1.54, 1.807) is 6.20 Å². The van der Waals surface area contributed by atoms with Crippen LogP contribution in [0.1, 0.15) is 40.1 Å². The Labute approximate surface area is 195 Å². The van der Waals surface area contributed by atoms with Crippen molar-refractivity contribution >= 4 is 28.4 Å². The number of aromatic nitrogens is 5. The van der Waals surface area contributed by atoms with Gasteiger partial charge in [0.1, 0.15) is 5.25 Å². The number of ketones is 1. The van der Waals surface area contributed by atoms with E-state index >= 15 is 0 Å². The molecule has 6 nitrogen and oxygen atoms in total. The number of para-hydroxylation sites is 1. The molecule has 33 heavy (non-hydrogen) atoms. The third-order valence-electron chi connectivity index (χ3n) is 5.91. The molecule has 0 aliphatic heterocycles. The molecule has 1 unspecified atom stereocenters. The second-order valence-electron chi connectivity index (χ2n) is 8.17. The maximum Gasteiger partial charge on any atom is 0.192 e. The van der Waals surface area contributed by atoms with E-state index in [9.17, 15) is 4.79 Å². The molecule has 1 aliphatic rings. The molecule has 3 heterocycles. The first-order valence-electron chi connectivity index (χ1n) is 11.0. The number of carbonyl (C=O) groups excluding carboxylic acids is 1. The summed E-state index contributed by atoms with van der Waals surface area (Å²) >= 11 is 1.47. The molecule has 1 fully saturated rings. The van der Waals surface area contributed by atoms with Gasteiger partial charge in [0.15, 0.2) is 16.8 Å². The summed E-state index contributed by atoms with van der Waals surface area (Å²) in [6, 6.07) is 22.1. The maximum atomic E-state index is 13.9. The number of rotatable bonds is 7. The van der Waals surface area contributed by atoms with Gasteiger partial charge in [0.05, 0.1) is 0 Å². The Morgan fingerprint density at radius 3 is 2.61 bits per heavy atom. The molecule has 5 aromatic rings. The third kappa shape index (κ3) is 3.74. The number of thioether (sulfide) groups is 1. The second kappa shape index (κ2) is 8.33. The highest BCUT2D eigenvalue weighted by molar-refractivity contribution is 8.00. The van der Waals surface area contributed by atoms with Crippen molar-refractivity contribution in [3.05, 3.63) is 96.4 Å². The summed E-state index contributed by atoms with van der Waals surface area (Å²) in [5, 5.41) is 10.3. The molecule has 1 N–H and O–H groups in total. The van der Waals surface area contributed by atoms with Gasteiger partial charge in [-0.1, -0.05) is 60.3 Å². The van der Waals surface area contributed by atoms with E-state index in [1.807, 2.05) is 79.1 Å². The fourth-order valence-corrected chi connectivity index (χ4v) is 5.31. The van der Waals surface area contributed by atoms with Crippen molar-refractivity contribution in [3.63, 3.8) is 0 Å². The van der Waals surface area contributed by atoms with Crippen molar-refractivity contribution in [2.24, 2.45) is 0 Å². The van der Waals surface area contributed by atoms with Crippen LogP contribution in [0, 0.1) is 0 Å². The third-order valence-corrected chi connectivity index (χ3v) is 7.13. The van der Waals surface area contributed by atoms with Gasteiger partial charge in [-0.05, 0) is 36.6 Å². The van der Waals surface area contributed by atoms with Gasteiger partial charge in [-0.2, -0.15) is 0 Å². The number of benzene rings is 2. The van der Waals surface area contributed by atoms with E-state index < -0.39 is 5.25 Å². The van der Waals surface area contributed by atoms with Crippen molar-refractivity contribution in [2.75, 3.05) is 0 Å². The smallest absolute Gasteiger partial charge is 0.192 e. The number of hydrogen-bond donors (Lipinski definition) is 1. The molecular weight excluding hydrogens is 430 g/mol. The van der Waals surface area contributed by atoms with Crippen molar-refractivity contribution in [3.8, 4) is 11.4 Å². The Hall–Kier alpha value is -3.71. The number of aromatic amines is 1. The van der Waals surface area contributed by atoms with Crippen LogP contribution in [0.2, 0.25) is 0 Å². The maximum absolute atomic E-state index is 13.9. The van der Waals surface area contributed by atoms with E-state index in [-0.39, 0.29) is 5.78 Å². The average molecular weight is 452 g/mol. The van der Waals surface area contributed by atoms with Crippen LogP contribution in [0.4, 0.5) is 0 Å². The first-order chi connectivity index (χ1) is 16.3. The second-order valence-corrected chi connectivity index (χ2v) is 9.24. The van der Waals surface area contributed by atoms with Crippen LogP contribution in [0.25, 0.3) is 22.3 Å². The Bertz CT molecular complexity index is 1420. The first kappa shape index (κ1) is 19.9. The molecule has 1 aliphatic carbocycles. The number of nitrogens with zero attached hydrogens (tertiary/aromatic N) is 4. The Morgan fingerprint density at radius 1 is 1.00 bits per heavy atom. The van der Waals surface area contributed by atoms with Gasteiger partial charge < -0.3 is 4.98 Å². The Balaban J connectivity index is 1.42. The highest BCUT2D eigenvalue weighted by Crippen LogP contribution is 2.45. The largest absolute Gasteiger partial charge is 0.360 e. The number of hydrogen-bond acceptors (Lipinski definition) is 5. The van der Waals surface area contributed by atoms with Crippen LogP contribution in [0.3, 0.4) is 0 Å². The topological polar surface area (TPSA) is 76.5 Å². The average Bonchev–Trinajstić information content (AvgIpc) is 3.48. The first-order valence-corrected chi connectivity index (χ1v) is 11.8. The fraction of sp³-hybridized carbons (Fsp3) is 0.154. The quantitative estimate of drug-likeness (QED) is 0.247. The van der Waals surface area contributed by atoms with Crippen LogP contribution in [-0.4, -0.2) is 30.5 Å². The molecule has 0 radical (unpaired) electrons. The van der Waals surface area contributed by atoms with Gasteiger partial charge in [0.25, 0.3) is 0 Å². The van der Waals surface area contributed by atoms with E-state index in [1.165, 1.54) is 11.8 Å². The molecule has 3 aromatic heterocycles. The van der Waals surface area contributed by atoms with Gasteiger partial charge in [-0.15, -0.1) is 10.2 Å². The minimum Gasteiger partial charge on any atom is -0.360 e. The Morgan fingerprint density at radius 2 is 1.82 bits per heavy atom. The number of pyridine rings is 1. The molecule has 0 amide bonds. The summed E-state index contributed by atoms with van der Waals surface area (Å²) in [4.78, 5) is 21.4. The SMILES string of the molecule is O=C(c1c[nH]c2ccccc12)C(Sc1nnc(-c2cccnc2)n1C1CC1)c1ccccc1. The van der Waals surface area contributed by atoms with Crippen LogP contribution < -0.4 is 0 Å². The number of nitrogens with one attached hydrogen (secondary N) is 1. The summed E-state index contributed by atoms with van der Waals surface area (Å²) in [5.74, 6) is 0.858. The molecular formula is C26H21N5OS. The summed E-state index contributed by atoms with van der Waals surface area (Å²) in [7, 11) is 0. The highest BCUT2D eigenvalue weighted by atomic mass is 32.2. The Kier molecular flexibility index (Phi) is 5.03. The lowest BCUT2D eigenvalue weighted by Gasteiger charge is -2.16.